The zero-order valence-electron chi connectivity index (χ0n) is 19.9. The molecule has 34 heavy (non-hydrogen) atoms. The summed E-state index contributed by atoms with van der Waals surface area (Å²) in [6.45, 7) is 5.73. The van der Waals surface area contributed by atoms with E-state index < -0.39 is 0 Å². The number of carbonyl (C=O) groups is 1. The number of carbonyl (C=O) groups excluding carboxylic acids is 1. The lowest BCUT2D eigenvalue weighted by molar-refractivity contribution is -0.113. The lowest BCUT2D eigenvalue weighted by atomic mass is 10.1. The van der Waals surface area contributed by atoms with Crippen molar-refractivity contribution < 1.29 is 14.3 Å². The first-order chi connectivity index (χ1) is 16.6. The second-order valence-electron chi connectivity index (χ2n) is 7.96. The van der Waals surface area contributed by atoms with Gasteiger partial charge >= 0.3 is 0 Å². The minimum Gasteiger partial charge on any atom is -0.494 e. The number of nitrogens with one attached hydrogen (secondary N) is 1. The number of ether oxygens (including phenoxy) is 2. The highest BCUT2D eigenvalue weighted by molar-refractivity contribution is 6.29. The maximum Gasteiger partial charge on any atom is 0.239 e. The van der Waals surface area contributed by atoms with Gasteiger partial charge in [0.15, 0.2) is 0 Å². The van der Waals surface area contributed by atoms with Gasteiger partial charge in [0.25, 0.3) is 0 Å². The van der Waals surface area contributed by atoms with Crippen LogP contribution in [0.2, 0.25) is 0 Å². The molecule has 1 N–H and O–H groups in total. The summed E-state index contributed by atoms with van der Waals surface area (Å²) < 4.78 is 11.7. The van der Waals surface area contributed by atoms with Crippen LogP contribution >= 0.6 is 11.6 Å². The average Bonchev–Trinajstić information content (AvgIpc) is 2.87. The zero-order chi connectivity index (χ0) is 24.2. The van der Waals surface area contributed by atoms with Crippen molar-refractivity contribution in [2.24, 2.45) is 0 Å². The molecule has 0 radical (unpaired) electrons. The third kappa shape index (κ3) is 7.42. The first kappa shape index (κ1) is 25.4. The molecule has 1 amide bonds. The fraction of sp³-hybridized carbons (Fsp3) is 0.321. The van der Waals surface area contributed by atoms with Crippen LogP contribution in [0.15, 0.2) is 72.8 Å². The molecule has 3 rings (SSSR count). The summed E-state index contributed by atoms with van der Waals surface area (Å²) in [5, 5.41) is 2.78. The van der Waals surface area contributed by atoms with Crippen molar-refractivity contribution in [2.75, 3.05) is 29.3 Å². The van der Waals surface area contributed by atoms with Crippen LogP contribution in [0.3, 0.4) is 0 Å². The van der Waals surface area contributed by atoms with E-state index in [-0.39, 0.29) is 11.8 Å². The molecule has 0 heterocycles. The maximum absolute atomic E-state index is 11.6. The molecule has 0 unspecified atom stereocenters. The molecule has 0 saturated heterocycles. The molecule has 0 bridgehead atoms. The van der Waals surface area contributed by atoms with Crippen LogP contribution in [-0.4, -0.2) is 25.0 Å². The van der Waals surface area contributed by atoms with Gasteiger partial charge in [0.1, 0.15) is 17.4 Å². The highest BCUT2D eigenvalue weighted by atomic mass is 35.5. The molecule has 0 saturated carbocycles. The molecular weight excluding hydrogens is 448 g/mol. The van der Waals surface area contributed by atoms with Gasteiger partial charge in [0.05, 0.1) is 13.2 Å². The van der Waals surface area contributed by atoms with Gasteiger partial charge in [-0.05, 0) is 85.6 Å². The summed E-state index contributed by atoms with van der Waals surface area (Å²) in [7, 11) is 0. The Kier molecular flexibility index (Phi) is 10.1. The van der Waals surface area contributed by atoms with Crippen molar-refractivity contribution >= 4 is 40.3 Å². The molecule has 0 aromatic heterocycles. The number of hydrogen-bond acceptors (Lipinski definition) is 4. The molecule has 0 atom stereocenters. The third-order valence-corrected chi connectivity index (χ3v) is 5.50. The largest absolute Gasteiger partial charge is 0.494 e. The third-order valence-electron chi connectivity index (χ3n) is 5.25. The van der Waals surface area contributed by atoms with Crippen molar-refractivity contribution in [1.82, 2.24) is 0 Å². The average molecular weight is 481 g/mol. The van der Waals surface area contributed by atoms with Gasteiger partial charge < -0.3 is 19.7 Å². The Bertz CT molecular complexity index is 952. The number of amides is 1. The van der Waals surface area contributed by atoms with Crippen molar-refractivity contribution in [2.45, 2.75) is 39.5 Å². The Morgan fingerprint density at radius 2 is 1.15 bits per heavy atom. The summed E-state index contributed by atoms with van der Waals surface area (Å²) in [6, 6.07) is 23.9. The quantitative estimate of drug-likeness (QED) is 0.201. The fourth-order valence-electron chi connectivity index (χ4n) is 3.39. The molecule has 0 aliphatic heterocycles. The van der Waals surface area contributed by atoms with Crippen LogP contribution in [0.4, 0.5) is 22.7 Å². The van der Waals surface area contributed by atoms with Gasteiger partial charge in [-0.2, -0.15) is 0 Å². The van der Waals surface area contributed by atoms with Gasteiger partial charge in [-0.1, -0.05) is 26.7 Å². The molecule has 0 aliphatic rings. The minimum atomic E-state index is -0.233. The van der Waals surface area contributed by atoms with Gasteiger partial charge in [0, 0.05) is 22.7 Å². The maximum atomic E-state index is 11.6. The summed E-state index contributed by atoms with van der Waals surface area (Å²) >= 11 is 5.61. The van der Waals surface area contributed by atoms with Crippen LogP contribution < -0.4 is 19.7 Å². The number of nitrogens with zero attached hydrogens (tertiary/aromatic N) is 1. The molecule has 180 valence electrons. The first-order valence-electron chi connectivity index (χ1n) is 11.9. The van der Waals surface area contributed by atoms with Crippen LogP contribution in [0.5, 0.6) is 11.5 Å². The van der Waals surface area contributed by atoms with E-state index in [0.29, 0.717) is 18.9 Å². The number of benzene rings is 3. The number of hydrogen-bond donors (Lipinski definition) is 1. The molecule has 6 heteroatoms. The van der Waals surface area contributed by atoms with E-state index in [1.807, 2.05) is 48.5 Å². The Balaban J connectivity index is 1.86. The molecule has 0 spiro atoms. The predicted octanol–water partition coefficient (Wildman–Crippen LogP) is 7.69. The van der Waals surface area contributed by atoms with E-state index in [4.69, 9.17) is 21.1 Å². The minimum absolute atomic E-state index is 0.0762. The summed E-state index contributed by atoms with van der Waals surface area (Å²) in [5.74, 6) is 1.41. The van der Waals surface area contributed by atoms with E-state index in [2.05, 4.69) is 48.3 Å². The second kappa shape index (κ2) is 13.5. The van der Waals surface area contributed by atoms with E-state index in [9.17, 15) is 4.79 Å². The summed E-state index contributed by atoms with van der Waals surface area (Å²) in [5.41, 5.74) is 3.66. The number of halogens is 1. The Hall–Kier alpha value is -3.18. The second-order valence-corrected chi connectivity index (χ2v) is 8.22. The van der Waals surface area contributed by atoms with Gasteiger partial charge in [-0.25, -0.2) is 0 Å². The van der Waals surface area contributed by atoms with E-state index in [1.54, 1.807) is 0 Å². The van der Waals surface area contributed by atoms with Gasteiger partial charge in [0.2, 0.25) is 5.91 Å². The number of anilines is 4. The van der Waals surface area contributed by atoms with Crippen molar-refractivity contribution in [3.05, 3.63) is 72.8 Å². The van der Waals surface area contributed by atoms with Crippen LogP contribution in [0.25, 0.3) is 0 Å². The zero-order valence-corrected chi connectivity index (χ0v) is 20.7. The van der Waals surface area contributed by atoms with Crippen molar-refractivity contribution in [3.63, 3.8) is 0 Å². The van der Waals surface area contributed by atoms with Crippen molar-refractivity contribution in [3.8, 4) is 11.5 Å². The molecule has 0 aliphatic carbocycles. The molecule has 3 aromatic rings. The van der Waals surface area contributed by atoms with E-state index >= 15 is 0 Å². The Morgan fingerprint density at radius 3 is 1.53 bits per heavy atom. The highest BCUT2D eigenvalue weighted by Crippen LogP contribution is 2.36. The van der Waals surface area contributed by atoms with Crippen molar-refractivity contribution in [1.29, 1.82) is 0 Å². The van der Waals surface area contributed by atoms with Crippen LogP contribution in [0.1, 0.15) is 39.5 Å². The van der Waals surface area contributed by atoms with Gasteiger partial charge in [-0.3, -0.25) is 4.79 Å². The number of unbranched alkanes of at least 4 members (excludes halogenated alkanes) is 2. The van der Waals surface area contributed by atoms with E-state index in [0.717, 1.165) is 54.2 Å². The highest BCUT2D eigenvalue weighted by Gasteiger charge is 2.13. The van der Waals surface area contributed by atoms with Crippen LogP contribution in [-0.2, 0) is 4.79 Å². The SMILES string of the molecule is CCCCOc1ccc(N(c2ccc(NC(=O)CCl)cc2)c2ccc(OCCCC)cc2)cc1. The molecule has 3 aromatic carbocycles. The molecular formula is C28H33ClN2O3. The smallest absolute Gasteiger partial charge is 0.239 e. The Labute approximate surface area is 207 Å². The monoisotopic (exact) mass is 480 g/mol. The molecule has 0 fully saturated rings. The predicted molar refractivity (Wildman–Crippen MR) is 141 cm³/mol. The number of rotatable bonds is 13. The van der Waals surface area contributed by atoms with Crippen LogP contribution in [0, 0.1) is 0 Å². The fourth-order valence-corrected chi connectivity index (χ4v) is 3.45. The summed E-state index contributed by atoms with van der Waals surface area (Å²) in [4.78, 5) is 13.8. The summed E-state index contributed by atoms with van der Waals surface area (Å²) in [6.07, 6.45) is 4.27. The van der Waals surface area contributed by atoms with E-state index in [1.165, 1.54) is 0 Å². The lowest BCUT2D eigenvalue weighted by Crippen LogP contribution is -2.13. The standard InChI is InChI=1S/C28H33ClN2O3/c1-3-5-19-33-26-15-11-24(12-16-26)31(23-9-7-22(8-10-23)30-28(32)21-29)25-13-17-27(18-14-25)34-20-6-4-2/h7-18H,3-6,19-21H2,1-2H3,(H,30,32). The topological polar surface area (TPSA) is 50.8 Å². The normalized spacial score (nSPS) is 10.6. The van der Waals surface area contributed by atoms with Gasteiger partial charge in [-0.15, -0.1) is 11.6 Å². The number of alkyl halides is 1. The molecule has 5 nitrogen and oxygen atoms in total. The first-order valence-corrected chi connectivity index (χ1v) is 12.4. The lowest BCUT2D eigenvalue weighted by Gasteiger charge is -2.26. The Morgan fingerprint density at radius 1 is 0.735 bits per heavy atom.